The maximum absolute atomic E-state index is 12.4. The van der Waals surface area contributed by atoms with Crippen LogP contribution >= 0.6 is 0 Å². The van der Waals surface area contributed by atoms with E-state index in [4.69, 9.17) is 5.73 Å². The molecule has 1 fully saturated rings. The number of carbonyl (C=O) groups is 1. The van der Waals surface area contributed by atoms with E-state index < -0.39 is 0 Å². The van der Waals surface area contributed by atoms with Gasteiger partial charge in [0.1, 0.15) is 5.69 Å². The van der Waals surface area contributed by atoms with Gasteiger partial charge < -0.3 is 10.6 Å². The number of hydrogen-bond donors (Lipinski definition) is 1. The van der Waals surface area contributed by atoms with E-state index in [-0.39, 0.29) is 11.3 Å². The molecule has 19 heavy (non-hydrogen) atoms. The largest absolute Gasteiger partial charge is 0.337 e. The van der Waals surface area contributed by atoms with Gasteiger partial charge in [-0.2, -0.15) is 0 Å². The second kappa shape index (κ2) is 5.29. The zero-order valence-electron chi connectivity index (χ0n) is 12.0. The Hall–Kier alpha value is -1.42. The molecule has 0 bridgehead atoms. The lowest BCUT2D eigenvalue weighted by Gasteiger charge is -2.26. The quantitative estimate of drug-likeness (QED) is 0.886. The third-order valence-corrected chi connectivity index (χ3v) is 3.98. The maximum Gasteiger partial charge on any atom is 0.272 e. The molecule has 1 aliphatic heterocycles. The number of pyridine rings is 1. The van der Waals surface area contributed by atoms with Gasteiger partial charge in [-0.3, -0.25) is 9.78 Å². The van der Waals surface area contributed by atoms with Crippen LogP contribution in [0, 0.1) is 11.3 Å². The van der Waals surface area contributed by atoms with Gasteiger partial charge in [-0.25, -0.2) is 0 Å². The molecule has 0 aromatic carbocycles. The molecule has 1 atom stereocenters. The van der Waals surface area contributed by atoms with Gasteiger partial charge in [0.15, 0.2) is 0 Å². The Morgan fingerprint density at radius 3 is 2.68 bits per heavy atom. The van der Waals surface area contributed by atoms with Crippen molar-refractivity contribution in [2.24, 2.45) is 17.1 Å². The second-order valence-corrected chi connectivity index (χ2v) is 6.36. The van der Waals surface area contributed by atoms with Crippen LogP contribution in [0.1, 0.15) is 43.2 Å². The van der Waals surface area contributed by atoms with Gasteiger partial charge in [0.2, 0.25) is 0 Å². The van der Waals surface area contributed by atoms with Crippen molar-refractivity contribution in [3.05, 3.63) is 29.6 Å². The molecule has 0 spiro atoms. The van der Waals surface area contributed by atoms with Crippen LogP contribution in [0.2, 0.25) is 0 Å². The summed E-state index contributed by atoms with van der Waals surface area (Å²) in [6, 6.07) is 3.65. The molecule has 0 saturated carbocycles. The first kappa shape index (κ1) is 14.0. The standard InChI is InChI=1S/C15H23N3O/c1-15(2,3)12-6-7-18(10-12)14(19)13-5-4-11(8-16)9-17-13/h4-5,9,12H,6-8,10,16H2,1-3H3. The molecule has 4 nitrogen and oxygen atoms in total. The highest BCUT2D eigenvalue weighted by Crippen LogP contribution is 2.33. The van der Waals surface area contributed by atoms with E-state index >= 15 is 0 Å². The first-order chi connectivity index (χ1) is 8.91. The SMILES string of the molecule is CC(C)(C)C1CCN(C(=O)c2ccc(CN)cn2)C1. The Balaban J connectivity index is 2.04. The highest BCUT2D eigenvalue weighted by molar-refractivity contribution is 5.92. The Kier molecular flexibility index (Phi) is 3.90. The predicted octanol–water partition coefficient (Wildman–Crippen LogP) is 2.05. The fraction of sp³-hybridized carbons (Fsp3) is 0.600. The monoisotopic (exact) mass is 261 g/mol. The van der Waals surface area contributed by atoms with Gasteiger partial charge in [-0.15, -0.1) is 0 Å². The first-order valence-electron chi connectivity index (χ1n) is 6.86. The van der Waals surface area contributed by atoms with Crippen LogP contribution in [0.15, 0.2) is 18.3 Å². The van der Waals surface area contributed by atoms with E-state index in [1.807, 2.05) is 11.0 Å². The number of carbonyl (C=O) groups excluding carboxylic acids is 1. The fourth-order valence-corrected chi connectivity index (χ4v) is 2.49. The molecule has 1 aliphatic rings. The summed E-state index contributed by atoms with van der Waals surface area (Å²) in [7, 11) is 0. The maximum atomic E-state index is 12.4. The molecule has 2 N–H and O–H groups in total. The van der Waals surface area contributed by atoms with Crippen molar-refractivity contribution < 1.29 is 4.79 Å². The topological polar surface area (TPSA) is 59.2 Å². The Labute approximate surface area is 115 Å². The molecule has 2 heterocycles. The summed E-state index contributed by atoms with van der Waals surface area (Å²) in [6.07, 6.45) is 2.76. The molecule has 0 aliphatic carbocycles. The molecule has 2 rings (SSSR count). The van der Waals surface area contributed by atoms with Crippen molar-refractivity contribution in [3.63, 3.8) is 0 Å². The Morgan fingerprint density at radius 2 is 2.21 bits per heavy atom. The number of nitrogens with two attached hydrogens (primary N) is 1. The molecule has 1 amide bonds. The third-order valence-electron chi connectivity index (χ3n) is 3.98. The molecule has 0 radical (unpaired) electrons. The number of aromatic nitrogens is 1. The highest BCUT2D eigenvalue weighted by Gasteiger charge is 2.34. The van der Waals surface area contributed by atoms with Crippen LogP contribution in [-0.2, 0) is 6.54 Å². The van der Waals surface area contributed by atoms with Crippen molar-refractivity contribution in [2.45, 2.75) is 33.7 Å². The van der Waals surface area contributed by atoms with Crippen LogP contribution in [0.4, 0.5) is 0 Å². The molecule has 104 valence electrons. The fourth-order valence-electron chi connectivity index (χ4n) is 2.49. The van der Waals surface area contributed by atoms with Crippen LogP contribution < -0.4 is 5.73 Å². The van der Waals surface area contributed by atoms with E-state index in [1.54, 1.807) is 12.3 Å². The van der Waals surface area contributed by atoms with Gasteiger partial charge in [0, 0.05) is 25.8 Å². The number of hydrogen-bond acceptors (Lipinski definition) is 3. The summed E-state index contributed by atoms with van der Waals surface area (Å²) >= 11 is 0. The summed E-state index contributed by atoms with van der Waals surface area (Å²) < 4.78 is 0. The molecular formula is C15H23N3O. The van der Waals surface area contributed by atoms with Crippen molar-refractivity contribution in [1.82, 2.24) is 9.88 Å². The minimum Gasteiger partial charge on any atom is -0.337 e. The van der Waals surface area contributed by atoms with Crippen molar-refractivity contribution in [2.75, 3.05) is 13.1 Å². The summed E-state index contributed by atoms with van der Waals surface area (Å²) in [6.45, 7) is 8.83. The lowest BCUT2D eigenvalue weighted by atomic mass is 9.80. The molecule has 1 saturated heterocycles. The molecule has 1 aromatic heterocycles. The zero-order chi connectivity index (χ0) is 14.0. The van der Waals surface area contributed by atoms with Crippen LogP contribution in [0.3, 0.4) is 0 Å². The van der Waals surface area contributed by atoms with E-state index in [0.717, 1.165) is 25.1 Å². The Bertz CT molecular complexity index is 447. The van der Waals surface area contributed by atoms with Gasteiger partial charge in [-0.1, -0.05) is 26.8 Å². The van der Waals surface area contributed by atoms with Crippen molar-refractivity contribution in [3.8, 4) is 0 Å². The predicted molar refractivity (Wildman–Crippen MR) is 75.6 cm³/mol. The van der Waals surface area contributed by atoms with E-state index in [1.165, 1.54) is 0 Å². The van der Waals surface area contributed by atoms with Crippen molar-refractivity contribution in [1.29, 1.82) is 0 Å². The molecule has 1 unspecified atom stereocenters. The second-order valence-electron chi connectivity index (χ2n) is 6.36. The van der Waals surface area contributed by atoms with Crippen LogP contribution in [0.25, 0.3) is 0 Å². The lowest BCUT2D eigenvalue weighted by Crippen LogP contribution is -2.31. The summed E-state index contributed by atoms with van der Waals surface area (Å²) in [5.41, 5.74) is 7.25. The zero-order valence-corrected chi connectivity index (χ0v) is 12.0. The number of rotatable bonds is 2. The third kappa shape index (κ3) is 3.13. The van der Waals surface area contributed by atoms with Gasteiger partial charge in [0.25, 0.3) is 5.91 Å². The molecule has 4 heteroatoms. The van der Waals surface area contributed by atoms with E-state index in [0.29, 0.717) is 18.2 Å². The summed E-state index contributed by atoms with van der Waals surface area (Å²) in [5.74, 6) is 0.607. The summed E-state index contributed by atoms with van der Waals surface area (Å²) in [4.78, 5) is 18.5. The number of amides is 1. The van der Waals surface area contributed by atoms with Crippen LogP contribution in [-0.4, -0.2) is 28.9 Å². The van der Waals surface area contributed by atoms with E-state index in [9.17, 15) is 4.79 Å². The average Bonchev–Trinajstić information content (AvgIpc) is 2.87. The minimum atomic E-state index is 0.0373. The normalized spacial score (nSPS) is 19.8. The molecule has 1 aromatic rings. The smallest absolute Gasteiger partial charge is 0.272 e. The molecular weight excluding hydrogens is 238 g/mol. The van der Waals surface area contributed by atoms with Crippen molar-refractivity contribution >= 4 is 5.91 Å². The minimum absolute atomic E-state index is 0.0373. The average molecular weight is 261 g/mol. The first-order valence-corrected chi connectivity index (χ1v) is 6.86. The highest BCUT2D eigenvalue weighted by atomic mass is 16.2. The van der Waals surface area contributed by atoms with Gasteiger partial charge in [0.05, 0.1) is 0 Å². The van der Waals surface area contributed by atoms with Gasteiger partial charge in [-0.05, 0) is 29.4 Å². The van der Waals surface area contributed by atoms with Crippen LogP contribution in [0.5, 0.6) is 0 Å². The lowest BCUT2D eigenvalue weighted by molar-refractivity contribution is 0.0771. The summed E-state index contributed by atoms with van der Waals surface area (Å²) in [5, 5.41) is 0. The van der Waals surface area contributed by atoms with Gasteiger partial charge >= 0.3 is 0 Å². The van der Waals surface area contributed by atoms with E-state index in [2.05, 4.69) is 25.8 Å². The Morgan fingerprint density at radius 1 is 1.47 bits per heavy atom. The number of nitrogens with zero attached hydrogens (tertiary/aromatic N) is 2. The number of likely N-dealkylation sites (tertiary alicyclic amines) is 1.